The number of ether oxygens (including phenoxy) is 3. The summed E-state index contributed by atoms with van der Waals surface area (Å²) in [4.78, 5) is 12.3. The zero-order valence-electron chi connectivity index (χ0n) is 18.8. The van der Waals surface area contributed by atoms with Crippen LogP contribution in [0.15, 0.2) is 77.9 Å². The average Bonchev–Trinajstić information content (AvgIpc) is 3.48. The van der Waals surface area contributed by atoms with Crippen molar-refractivity contribution in [3.8, 4) is 11.5 Å². The lowest BCUT2D eigenvalue weighted by atomic mass is 10.2. The molecule has 0 spiro atoms. The van der Waals surface area contributed by atoms with Crippen molar-refractivity contribution in [1.82, 2.24) is 20.0 Å². The molecular weight excluding hydrogens is 434 g/mol. The third-order valence-corrected chi connectivity index (χ3v) is 5.44. The van der Waals surface area contributed by atoms with Gasteiger partial charge in [-0.25, -0.2) is 4.68 Å². The van der Waals surface area contributed by atoms with Gasteiger partial charge >= 0.3 is 0 Å². The predicted octanol–water partition coefficient (Wildman–Crippen LogP) is 3.59. The molecule has 0 saturated heterocycles. The number of hydrazone groups is 1. The Hall–Kier alpha value is -4.40. The summed E-state index contributed by atoms with van der Waals surface area (Å²) in [5.41, 5.74) is 3.32. The SMILES string of the molecule is COc1ccc(C2=NN(C(C)=O)[C@H](Cn3nnc4ccccc43)O2)cc1OCc1ccccc1. The van der Waals surface area contributed by atoms with Crippen LogP contribution in [0.1, 0.15) is 18.1 Å². The maximum atomic E-state index is 12.3. The molecule has 2 heterocycles. The standard InChI is InChI=1S/C25H23N5O4/c1-17(31)30-24(15-29-21-11-7-6-10-20(21)26-28-29)34-25(27-30)19-12-13-22(32-2)23(14-19)33-16-18-8-4-3-5-9-18/h3-14,24H,15-16H2,1-2H3/t24-/m0/s1. The van der Waals surface area contributed by atoms with Crippen molar-refractivity contribution in [2.45, 2.75) is 26.3 Å². The third-order valence-electron chi connectivity index (χ3n) is 5.44. The first-order chi connectivity index (χ1) is 16.6. The lowest BCUT2D eigenvalue weighted by Gasteiger charge is -2.19. The highest BCUT2D eigenvalue weighted by molar-refractivity contribution is 5.96. The Morgan fingerprint density at radius 1 is 1.03 bits per heavy atom. The number of nitrogens with zero attached hydrogens (tertiary/aromatic N) is 5. The van der Waals surface area contributed by atoms with Crippen molar-refractivity contribution >= 4 is 22.8 Å². The van der Waals surface area contributed by atoms with Crippen molar-refractivity contribution in [3.05, 3.63) is 83.9 Å². The molecule has 5 rings (SSSR count). The molecule has 0 radical (unpaired) electrons. The number of methoxy groups -OCH3 is 1. The minimum atomic E-state index is -0.659. The Morgan fingerprint density at radius 2 is 1.82 bits per heavy atom. The van der Waals surface area contributed by atoms with E-state index in [1.807, 2.05) is 60.7 Å². The van der Waals surface area contributed by atoms with E-state index in [0.717, 1.165) is 16.6 Å². The first-order valence-corrected chi connectivity index (χ1v) is 10.8. The fourth-order valence-electron chi connectivity index (χ4n) is 3.74. The van der Waals surface area contributed by atoms with Crippen molar-refractivity contribution in [2.24, 2.45) is 5.10 Å². The highest BCUT2D eigenvalue weighted by Crippen LogP contribution is 2.31. The molecule has 1 aliphatic rings. The van der Waals surface area contributed by atoms with Gasteiger partial charge in [0.15, 0.2) is 11.5 Å². The molecule has 0 saturated carbocycles. The molecule has 172 valence electrons. The molecule has 1 atom stereocenters. The number of fused-ring (bicyclic) bond motifs is 1. The maximum absolute atomic E-state index is 12.3. The van der Waals surface area contributed by atoms with Gasteiger partial charge in [-0.15, -0.1) is 10.2 Å². The molecule has 9 heteroatoms. The lowest BCUT2D eigenvalue weighted by molar-refractivity contribution is -0.135. The number of carbonyl (C=O) groups excluding carboxylic acids is 1. The van der Waals surface area contributed by atoms with Gasteiger partial charge in [0.1, 0.15) is 18.7 Å². The van der Waals surface area contributed by atoms with Crippen LogP contribution in [0.25, 0.3) is 11.0 Å². The van der Waals surface area contributed by atoms with Crippen LogP contribution < -0.4 is 9.47 Å². The second-order valence-electron chi connectivity index (χ2n) is 7.74. The Morgan fingerprint density at radius 3 is 2.62 bits per heavy atom. The topological polar surface area (TPSA) is 91.1 Å². The van der Waals surface area contributed by atoms with Crippen LogP contribution in [0.4, 0.5) is 0 Å². The number of rotatable bonds is 7. The van der Waals surface area contributed by atoms with Crippen LogP contribution in [-0.2, 0) is 22.7 Å². The van der Waals surface area contributed by atoms with Gasteiger partial charge in [0, 0.05) is 12.5 Å². The molecule has 1 aromatic heterocycles. The fraction of sp³-hybridized carbons (Fsp3) is 0.200. The van der Waals surface area contributed by atoms with Crippen LogP contribution >= 0.6 is 0 Å². The number of hydrogen-bond donors (Lipinski definition) is 0. The smallest absolute Gasteiger partial charge is 0.243 e. The highest BCUT2D eigenvalue weighted by atomic mass is 16.5. The molecule has 1 aliphatic heterocycles. The van der Waals surface area contributed by atoms with Crippen molar-refractivity contribution < 1.29 is 19.0 Å². The van der Waals surface area contributed by atoms with Crippen LogP contribution in [0, 0.1) is 0 Å². The lowest BCUT2D eigenvalue weighted by Crippen LogP contribution is -2.35. The number of carbonyl (C=O) groups is 1. The molecule has 0 unspecified atom stereocenters. The van der Waals surface area contributed by atoms with E-state index in [-0.39, 0.29) is 12.5 Å². The fourth-order valence-corrected chi connectivity index (χ4v) is 3.74. The normalized spacial score (nSPS) is 15.2. The number of hydrogen-bond acceptors (Lipinski definition) is 7. The number of para-hydroxylation sites is 1. The summed E-state index contributed by atoms with van der Waals surface area (Å²) >= 11 is 0. The maximum Gasteiger partial charge on any atom is 0.243 e. The summed E-state index contributed by atoms with van der Waals surface area (Å²) in [5.74, 6) is 1.22. The minimum absolute atomic E-state index is 0.238. The van der Waals surface area contributed by atoms with E-state index < -0.39 is 6.23 Å². The summed E-state index contributed by atoms with van der Waals surface area (Å²) in [6.07, 6.45) is -0.659. The largest absolute Gasteiger partial charge is 0.493 e. The van der Waals surface area contributed by atoms with Gasteiger partial charge in [-0.2, -0.15) is 5.01 Å². The molecular formula is C25H23N5O4. The average molecular weight is 457 g/mol. The molecule has 34 heavy (non-hydrogen) atoms. The molecule has 0 N–H and O–H groups in total. The van der Waals surface area contributed by atoms with E-state index in [0.29, 0.717) is 29.6 Å². The highest BCUT2D eigenvalue weighted by Gasteiger charge is 2.33. The zero-order chi connectivity index (χ0) is 23.5. The number of benzene rings is 3. The van der Waals surface area contributed by atoms with Crippen LogP contribution in [0.3, 0.4) is 0 Å². The van der Waals surface area contributed by atoms with Crippen LogP contribution in [0.2, 0.25) is 0 Å². The Balaban J connectivity index is 1.38. The van der Waals surface area contributed by atoms with Gasteiger partial charge in [-0.3, -0.25) is 4.79 Å². The van der Waals surface area contributed by atoms with Crippen LogP contribution in [-0.4, -0.2) is 45.1 Å². The summed E-state index contributed by atoms with van der Waals surface area (Å²) in [5, 5.41) is 14.1. The van der Waals surface area contributed by atoms with E-state index in [1.54, 1.807) is 23.9 Å². The van der Waals surface area contributed by atoms with Gasteiger partial charge < -0.3 is 14.2 Å². The molecule has 0 bridgehead atoms. The first kappa shape index (κ1) is 21.4. The second-order valence-corrected chi connectivity index (χ2v) is 7.74. The zero-order valence-corrected chi connectivity index (χ0v) is 18.8. The molecule has 0 aliphatic carbocycles. The summed E-state index contributed by atoms with van der Waals surface area (Å²) in [6.45, 7) is 2.11. The first-order valence-electron chi connectivity index (χ1n) is 10.8. The van der Waals surface area contributed by atoms with E-state index in [2.05, 4.69) is 15.4 Å². The monoisotopic (exact) mass is 457 g/mol. The summed E-state index contributed by atoms with van der Waals surface area (Å²) < 4.78 is 19.3. The predicted molar refractivity (Wildman–Crippen MR) is 125 cm³/mol. The van der Waals surface area contributed by atoms with Gasteiger partial charge in [0.25, 0.3) is 0 Å². The van der Waals surface area contributed by atoms with Gasteiger partial charge in [-0.1, -0.05) is 47.7 Å². The van der Waals surface area contributed by atoms with Crippen LogP contribution in [0.5, 0.6) is 11.5 Å². The van der Waals surface area contributed by atoms with E-state index in [1.165, 1.54) is 11.9 Å². The summed E-state index contributed by atoms with van der Waals surface area (Å²) in [6, 6.07) is 22.9. The number of amides is 1. The Kier molecular flexibility index (Phi) is 5.82. The number of aromatic nitrogens is 3. The minimum Gasteiger partial charge on any atom is -0.493 e. The van der Waals surface area contributed by atoms with E-state index >= 15 is 0 Å². The van der Waals surface area contributed by atoms with Gasteiger partial charge in [0.2, 0.25) is 18.0 Å². The van der Waals surface area contributed by atoms with Crippen molar-refractivity contribution in [3.63, 3.8) is 0 Å². The van der Waals surface area contributed by atoms with Crippen molar-refractivity contribution in [2.75, 3.05) is 7.11 Å². The molecule has 3 aromatic carbocycles. The van der Waals surface area contributed by atoms with Gasteiger partial charge in [-0.05, 0) is 35.9 Å². The molecule has 4 aromatic rings. The third kappa shape index (κ3) is 4.27. The quantitative estimate of drug-likeness (QED) is 0.421. The molecule has 9 nitrogen and oxygen atoms in total. The van der Waals surface area contributed by atoms with Crippen molar-refractivity contribution in [1.29, 1.82) is 0 Å². The van der Waals surface area contributed by atoms with Gasteiger partial charge in [0.05, 0.1) is 12.6 Å². The molecule has 1 amide bonds. The summed E-state index contributed by atoms with van der Waals surface area (Å²) in [7, 11) is 1.59. The second kappa shape index (κ2) is 9.22. The molecule has 0 fully saturated rings. The Bertz CT molecular complexity index is 1350. The van der Waals surface area contributed by atoms with E-state index in [9.17, 15) is 4.79 Å². The van der Waals surface area contributed by atoms with E-state index in [4.69, 9.17) is 14.2 Å². The Labute approximate surface area is 196 Å².